The van der Waals surface area contributed by atoms with Gasteiger partial charge in [0.2, 0.25) is 0 Å². The molecule has 3 nitrogen and oxygen atoms in total. The van der Waals surface area contributed by atoms with E-state index in [1.807, 2.05) is 0 Å². The third kappa shape index (κ3) is 2.92. The van der Waals surface area contributed by atoms with E-state index in [-0.39, 0.29) is 0 Å². The Bertz CT molecular complexity index is 187. The molecular weight excluding hydrogens is 186 g/mol. The van der Waals surface area contributed by atoms with E-state index in [2.05, 4.69) is 29.8 Å². The summed E-state index contributed by atoms with van der Waals surface area (Å²) in [6.07, 6.45) is 8.33. The van der Waals surface area contributed by atoms with E-state index < -0.39 is 0 Å². The Morgan fingerprint density at radius 2 is 1.87 bits per heavy atom. The molecule has 0 bridgehead atoms. The summed E-state index contributed by atoms with van der Waals surface area (Å²) in [5.41, 5.74) is 3.60. The molecule has 1 aliphatic carbocycles. The summed E-state index contributed by atoms with van der Waals surface area (Å²) in [4.78, 5) is 0. The molecule has 88 valence electrons. The molecule has 2 aliphatic rings. The van der Waals surface area contributed by atoms with Crippen molar-refractivity contribution >= 4 is 0 Å². The van der Waals surface area contributed by atoms with Gasteiger partial charge in [0.05, 0.1) is 0 Å². The van der Waals surface area contributed by atoms with Crippen LogP contribution in [0.3, 0.4) is 0 Å². The third-order valence-electron chi connectivity index (χ3n) is 3.86. The van der Waals surface area contributed by atoms with E-state index in [1.165, 1.54) is 45.1 Å². The maximum Gasteiger partial charge on any atom is 0.0258 e. The Morgan fingerprint density at radius 1 is 1.07 bits per heavy atom. The number of hydrogen-bond donors (Lipinski definition) is 2. The van der Waals surface area contributed by atoms with E-state index in [9.17, 15) is 0 Å². The summed E-state index contributed by atoms with van der Waals surface area (Å²) in [5, 5.41) is 5.79. The molecule has 1 heterocycles. The highest BCUT2D eigenvalue weighted by atomic mass is 15.5. The van der Waals surface area contributed by atoms with Crippen LogP contribution in [0.25, 0.3) is 0 Å². The second-order valence-electron chi connectivity index (χ2n) is 5.28. The lowest BCUT2D eigenvalue weighted by Gasteiger charge is -2.37. The van der Waals surface area contributed by atoms with Crippen LogP contribution >= 0.6 is 0 Å². The number of rotatable bonds is 3. The SMILES string of the molecule is CN(C)NC1CCCCC1C1CCCN1. The van der Waals surface area contributed by atoms with Crippen LogP contribution in [-0.4, -0.2) is 37.7 Å². The number of nitrogens with zero attached hydrogens (tertiary/aromatic N) is 1. The monoisotopic (exact) mass is 211 g/mol. The molecule has 1 saturated heterocycles. The van der Waals surface area contributed by atoms with Gasteiger partial charge in [-0.05, 0) is 38.1 Å². The Hall–Kier alpha value is -0.120. The predicted molar refractivity (Wildman–Crippen MR) is 63.6 cm³/mol. The van der Waals surface area contributed by atoms with Crippen molar-refractivity contribution in [3.05, 3.63) is 0 Å². The highest BCUT2D eigenvalue weighted by molar-refractivity contribution is 4.90. The van der Waals surface area contributed by atoms with Crippen LogP contribution in [0.15, 0.2) is 0 Å². The molecule has 0 amide bonds. The van der Waals surface area contributed by atoms with Gasteiger partial charge in [-0.3, -0.25) is 10.4 Å². The van der Waals surface area contributed by atoms with Gasteiger partial charge in [-0.1, -0.05) is 12.8 Å². The van der Waals surface area contributed by atoms with Gasteiger partial charge >= 0.3 is 0 Å². The van der Waals surface area contributed by atoms with Crippen LogP contribution in [-0.2, 0) is 0 Å². The van der Waals surface area contributed by atoms with Crippen molar-refractivity contribution in [2.45, 2.75) is 50.6 Å². The molecule has 1 saturated carbocycles. The molecule has 3 heteroatoms. The highest BCUT2D eigenvalue weighted by Gasteiger charge is 2.33. The lowest BCUT2D eigenvalue weighted by atomic mass is 9.79. The predicted octanol–water partition coefficient (Wildman–Crippen LogP) is 1.36. The van der Waals surface area contributed by atoms with E-state index in [0.717, 1.165) is 12.0 Å². The van der Waals surface area contributed by atoms with Crippen molar-refractivity contribution < 1.29 is 0 Å². The first-order valence-corrected chi connectivity index (χ1v) is 6.44. The molecule has 15 heavy (non-hydrogen) atoms. The summed E-state index contributed by atoms with van der Waals surface area (Å²) >= 11 is 0. The fraction of sp³-hybridized carbons (Fsp3) is 1.00. The first-order valence-electron chi connectivity index (χ1n) is 6.44. The fourth-order valence-corrected chi connectivity index (χ4v) is 3.21. The minimum Gasteiger partial charge on any atom is -0.314 e. The standard InChI is InChI=1S/C12H25N3/c1-15(2)14-12-7-4-3-6-10(12)11-8-5-9-13-11/h10-14H,3-9H2,1-2H3. The van der Waals surface area contributed by atoms with Gasteiger partial charge in [-0.15, -0.1) is 0 Å². The summed E-state index contributed by atoms with van der Waals surface area (Å²) in [6.45, 7) is 1.23. The lowest BCUT2D eigenvalue weighted by Crippen LogP contribution is -2.51. The fourth-order valence-electron chi connectivity index (χ4n) is 3.21. The molecule has 0 aromatic carbocycles. The molecule has 0 aromatic rings. The minimum atomic E-state index is 0.698. The third-order valence-corrected chi connectivity index (χ3v) is 3.86. The lowest BCUT2D eigenvalue weighted by molar-refractivity contribution is 0.136. The van der Waals surface area contributed by atoms with Crippen LogP contribution in [0, 0.1) is 5.92 Å². The Labute approximate surface area is 93.6 Å². The normalized spacial score (nSPS) is 37.4. The number of hydrogen-bond acceptors (Lipinski definition) is 3. The van der Waals surface area contributed by atoms with Gasteiger partial charge in [0, 0.05) is 26.2 Å². The average molecular weight is 211 g/mol. The van der Waals surface area contributed by atoms with Gasteiger partial charge in [0.15, 0.2) is 0 Å². The maximum atomic E-state index is 3.67. The topological polar surface area (TPSA) is 27.3 Å². The molecule has 2 N–H and O–H groups in total. The molecular formula is C12H25N3. The van der Waals surface area contributed by atoms with Gasteiger partial charge in [-0.25, -0.2) is 0 Å². The van der Waals surface area contributed by atoms with Gasteiger partial charge in [0.25, 0.3) is 0 Å². The summed E-state index contributed by atoms with van der Waals surface area (Å²) < 4.78 is 0. The van der Waals surface area contributed by atoms with E-state index in [4.69, 9.17) is 0 Å². The van der Waals surface area contributed by atoms with Crippen molar-refractivity contribution in [2.24, 2.45) is 5.92 Å². The second kappa shape index (κ2) is 5.28. The zero-order valence-electron chi connectivity index (χ0n) is 10.1. The number of hydrazine groups is 1. The summed E-state index contributed by atoms with van der Waals surface area (Å²) in [7, 11) is 4.21. The first-order chi connectivity index (χ1) is 7.27. The quantitative estimate of drug-likeness (QED) is 0.690. The largest absolute Gasteiger partial charge is 0.314 e. The molecule has 2 fully saturated rings. The van der Waals surface area contributed by atoms with Crippen LogP contribution in [0.1, 0.15) is 38.5 Å². The van der Waals surface area contributed by atoms with Gasteiger partial charge in [0.1, 0.15) is 0 Å². The van der Waals surface area contributed by atoms with Crippen molar-refractivity contribution in [2.75, 3.05) is 20.6 Å². The smallest absolute Gasteiger partial charge is 0.0258 e. The molecule has 3 atom stereocenters. The molecule has 0 aromatic heterocycles. The zero-order valence-corrected chi connectivity index (χ0v) is 10.1. The molecule has 0 radical (unpaired) electrons. The van der Waals surface area contributed by atoms with Crippen LogP contribution in [0.2, 0.25) is 0 Å². The van der Waals surface area contributed by atoms with Crippen molar-refractivity contribution in [1.29, 1.82) is 0 Å². The molecule has 1 aliphatic heterocycles. The first kappa shape index (κ1) is 11.4. The van der Waals surface area contributed by atoms with E-state index >= 15 is 0 Å². The van der Waals surface area contributed by atoms with E-state index in [1.54, 1.807) is 0 Å². The van der Waals surface area contributed by atoms with Gasteiger partial charge < -0.3 is 5.32 Å². The highest BCUT2D eigenvalue weighted by Crippen LogP contribution is 2.30. The molecule has 0 spiro atoms. The maximum absolute atomic E-state index is 3.67. The van der Waals surface area contributed by atoms with Crippen molar-refractivity contribution in [3.63, 3.8) is 0 Å². The van der Waals surface area contributed by atoms with Crippen LogP contribution in [0.5, 0.6) is 0 Å². The van der Waals surface area contributed by atoms with Crippen LogP contribution < -0.4 is 10.7 Å². The van der Waals surface area contributed by atoms with E-state index in [0.29, 0.717) is 6.04 Å². The molecule has 3 unspecified atom stereocenters. The number of nitrogens with one attached hydrogen (secondary N) is 2. The summed E-state index contributed by atoms with van der Waals surface area (Å²) in [5.74, 6) is 0.851. The van der Waals surface area contributed by atoms with Crippen molar-refractivity contribution in [1.82, 2.24) is 15.8 Å². The Kier molecular flexibility index (Phi) is 4.00. The second-order valence-corrected chi connectivity index (χ2v) is 5.28. The summed E-state index contributed by atoms with van der Waals surface area (Å²) in [6, 6.07) is 1.48. The van der Waals surface area contributed by atoms with Crippen LogP contribution in [0.4, 0.5) is 0 Å². The zero-order chi connectivity index (χ0) is 10.7. The average Bonchev–Trinajstić information content (AvgIpc) is 2.70. The van der Waals surface area contributed by atoms with Crippen molar-refractivity contribution in [3.8, 4) is 0 Å². The Morgan fingerprint density at radius 3 is 2.53 bits per heavy atom. The molecule has 2 rings (SSSR count). The Balaban J connectivity index is 1.92. The van der Waals surface area contributed by atoms with Gasteiger partial charge in [-0.2, -0.15) is 0 Å². The minimum absolute atomic E-state index is 0.698.